The van der Waals surface area contributed by atoms with Crippen molar-refractivity contribution >= 4 is 16.1 Å². The molecule has 0 spiro atoms. The van der Waals surface area contributed by atoms with Gasteiger partial charge in [-0.1, -0.05) is 20.8 Å². The van der Waals surface area contributed by atoms with Gasteiger partial charge in [-0.25, -0.2) is 0 Å². The first-order valence-corrected chi connectivity index (χ1v) is 14.3. The highest BCUT2D eigenvalue weighted by atomic mass is 32.2. The highest BCUT2D eigenvalue weighted by Crippen LogP contribution is 2.69. The van der Waals surface area contributed by atoms with E-state index < -0.39 is 16.1 Å². The van der Waals surface area contributed by atoms with Crippen molar-refractivity contribution in [3.05, 3.63) is 0 Å². The number of carbonyl (C=O) groups is 1. The van der Waals surface area contributed by atoms with E-state index in [9.17, 15) is 22.9 Å². The number of carboxylic acids is 1. The molecule has 6 nitrogen and oxygen atoms in total. The average Bonchev–Trinajstić information content (AvgIpc) is 3.03. The third-order valence-corrected chi connectivity index (χ3v) is 11.7. The summed E-state index contributed by atoms with van der Waals surface area (Å²) in [6, 6.07) is 0. The predicted molar refractivity (Wildman–Crippen MR) is 123 cm³/mol. The predicted octanol–water partition coefficient (Wildman–Crippen LogP) is 4.62. The Hall–Kier alpha value is -0.660. The van der Waals surface area contributed by atoms with Crippen molar-refractivity contribution < 1.29 is 28.0 Å². The van der Waals surface area contributed by atoms with Gasteiger partial charge in [-0.05, 0) is 110 Å². The topological polar surface area (TPSA) is 112 Å². The van der Waals surface area contributed by atoms with Gasteiger partial charge in [-0.15, -0.1) is 0 Å². The molecule has 0 aliphatic heterocycles. The number of aliphatic hydroxyl groups is 1. The lowest BCUT2D eigenvalue weighted by Gasteiger charge is -2.63. The number of fused-ring (bicyclic) bond motifs is 5. The van der Waals surface area contributed by atoms with Crippen LogP contribution in [0.15, 0.2) is 0 Å². The molecule has 3 N–H and O–H groups in total. The molecular weight excluding hydrogens is 428 g/mol. The SMILES string of the molecule is C[C@H](CCC(=O)O)C1CC[C@H]2C3C(CS(=O)(=O)O)CC4C[C@H](O)CCC4(C)[C@H]3CCC12C. The highest BCUT2D eigenvalue weighted by Gasteiger charge is 2.63. The zero-order valence-corrected chi connectivity index (χ0v) is 20.7. The summed E-state index contributed by atoms with van der Waals surface area (Å²) in [5.74, 6) is 1.31. The summed E-state index contributed by atoms with van der Waals surface area (Å²) in [4.78, 5) is 11.1. The Bertz CT molecular complexity index is 826. The van der Waals surface area contributed by atoms with E-state index in [1.165, 1.54) is 0 Å². The summed E-state index contributed by atoms with van der Waals surface area (Å²) in [6.07, 6.45) is 8.31. The van der Waals surface area contributed by atoms with Crippen molar-refractivity contribution in [1.29, 1.82) is 0 Å². The van der Waals surface area contributed by atoms with E-state index >= 15 is 0 Å². The van der Waals surface area contributed by atoms with E-state index in [4.69, 9.17) is 5.11 Å². The molecule has 0 bridgehead atoms. The van der Waals surface area contributed by atoms with Crippen LogP contribution in [0.5, 0.6) is 0 Å². The normalized spacial score (nSPS) is 47.2. The lowest BCUT2D eigenvalue weighted by Crippen LogP contribution is -2.58. The van der Waals surface area contributed by atoms with Crippen LogP contribution in [0.4, 0.5) is 0 Å². The Labute approximate surface area is 193 Å². The maximum Gasteiger partial charge on any atom is 0.303 e. The van der Waals surface area contributed by atoms with Crippen LogP contribution >= 0.6 is 0 Å². The fourth-order valence-electron chi connectivity index (χ4n) is 9.37. The van der Waals surface area contributed by atoms with E-state index in [1.54, 1.807) is 0 Å². The molecule has 0 radical (unpaired) electrons. The Morgan fingerprint density at radius 2 is 1.69 bits per heavy atom. The molecule has 0 heterocycles. The standard InChI is InChI=1S/C25H42O6S/c1-15(4-7-22(27)28)19-5-6-20-23-16(14-32(29,30)31)12-17-13-18(26)8-10-24(17,2)21(23)9-11-25(19,20)3/h15-21,23,26H,4-14H2,1-3H3,(H,27,28)(H,29,30,31)/t15-,16?,17?,18-,19?,20+,21+,23?,24?,25?/m1/s1. The number of carboxylic acid groups (broad SMARTS) is 1. The molecule has 0 aromatic heterocycles. The zero-order chi connectivity index (χ0) is 23.5. The lowest BCUT2D eigenvalue weighted by atomic mass is 9.42. The number of hydrogen-bond acceptors (Lipinski definition) is 4. The molecule has 4 rings (SSSR count). The van der Waals surface area contributed by atoms with E-state index in [0.29, 0.717) is 36.0 Å². The van der Waals surface area contributed by atoms with Gasteiger partial charge in [-0.2, -0.15) is 8.42 Å². The van der Waals surface area contributed by atoms with Gasteiger partial charge < -0.3 is 10.2 Å². The van der Waals surface area contributed by atoms with Crippen LogP contribution in [0.2, 0.25) is 0 Å². The van der Waals surface area contributed by atoms with E-state index in [2.05, 4.69) is 20.8 Å². The van der Waals surface area contributed by atoms with Gasteiger partial charge in [0.1, 0.15) is 0 Å². The van der Waals surface area contributed by atoms with Gasteiger partial charge in [0.15, 0.2) is 0 Å². The van der Waals surface area contributed by atoms with Gasteiger partial charge in [0.05, 0.1) is 11.9 Å². The zero-order valence-electron chi connectivity index (χ0n) is 19.9. The highest BCUT2D eigenvalue weighted by molar-refractivity contribution is 7.85. The Balaban J connectivity index is 1.64. The molecule has 4 aliphatic rings. The lowest BCUT2D eigenvalue weighted by molar-refractivity contribution is -0.150. The molecule has 4 aliphatic carbocycles. The summed E-state index contributed by atoms with van der Waals surface area (Å²) in [6.45, 7) is 6.96. The average molecular weight is 471 g/mol. The van der Waals surface area contributed by atoms with Crippen molar-refractivity contribution in [2.24, 2.45) is 52.3 Å². The van der Waals surface area contributed by atoms with Gasteiger partial charge in [0.25, 0.3) is 10.1 Å². The minimum atomic E-state index is -4.07. The van der Waals surface area contributed by atoms with E-state index in [1.807, 2.05) is 0 Å². The van der Waals surface area contributed by atoms with Crippen LogP contribution in [0.3, 0.4) is 0 Å². The van der Waals surface area contributed by atoms with Crippen molar-refractivity contribution in [2.75, 3.05) is 5.75 Å². The monoisotopic (exact) mass is 470 g/mol. The summed E-state index contributed by atoms with van der Waals surface area (Å²) in [5, 5.41) is 19.5. The third kappa shape index (κ3) is 4.26. The summed E-state index contributed by atoms with van der Waals surface area (Å²) < 4.78 is 33.9. The Morgan fingerprint density at radius 3 is 2.34 bits per heavy atom. The van der Waals surface area contributed by atoms with Crippen molar-refractivity contribution in [3.63, 3.8) is 0 Å². The minimum absolute atomic E-state index is 0.0592. The first-order chi connectivity index (χ1) is 14.8. The molecule has 0 saturated heterocycles. The fourth-order valence-corrected chi connectivity index (χ4v) is 10.3. The van der Waals surface area contributed by atoms with Crippen LogP contribution in [-0.2, 0) is 14.9 Å². The van der Waals surface area contributed by atoms with Gasteiger partial charge >= 0.3 is 5.97 Å². The third-order valence-electron chi connectivity index (χ3n) is 10.8. The van der Waals surface area contributed by atoms with Gasteiger partial charge in [0.2, 0.25) is 0 Å². The second kappa shape index (κ2) is 8.53. The van der Waals surface area contributed by atoms with Crippen LogP contribution in [0, 0.1) is 52.3 Å². The minimum Gasteiger partial charge on any atom is -0.481 e. The molecular formula is C25H42O6S. The first kappa shape index (κ1) is 24.5. The largest absolute Gasteiger partial charge is 0.481 e. The molecule has 184 valence electrons. The van der Waals surface area contributed by atoms with Crippen LogP contribution in [0.25, 0.3) is 0 Å². The van der Waals surface area contributed by atoms with E-state index in [0.717, 1.165) is 51.4 Å². The summed E-state index contributed by atoms with van der Waals surface area (Å²) >= 11 is 0. The molecule has 0 amide bonds. The van der Waals surface area contributed by atoms with Crippen molar-refractivity contribution in [3.8, 4) is 0 Å². The summed E-state index contributed by atoms with van der Waals surface area (Å²) in [5.41, 5.74) is 0.238. The molecule has 4 saturated carbocycles. The molecule has 10 atom stereocenters. The Kier molecular flexibility index (Phi) is 6.52. The fraction of sp³-hybridized carbons (Fsp3) is 0.960. The second-order valence-electron chi connectivity index (χ2n) is 12.3. The smallest absolute Gasteiger partial charge is 0.303 e. The number of hydrogen-bond donors (Lipinski definition) is 3. The summed E-state index contributed by atoms with van der Waals surface area (Å²) in [7, 11) is -4.07. The van der Waals surface area contributed by atoms with Gasteiger partial charge in [-0.3, -0.25) is 9.35 Å². The molecule has 0 aromatic carbocycles. The molecule has 6 unspecified atom stereocenters. The maximum atomic E-state index is 12.0. The molecule has 7 heteroatoms. The maximum absolute atomic E-state index is 12.0. The van der Waals surface area contributed by atoms with Crippen LogP contribution < -0.4 is 0 Å². The number of rotatable bonds is 6. The first-order valence-electron chi connectivity index (χ1n) is 12.7. The second-order valence-corrected chi connectivity index (χ2v) is 13.8. The molecule has 32 heavy (non-hydrogen) atoms. The number of aliphatic carboxylic acids is 1. The van der Waals surface area contributed by atoms with Crippen LogP contribution in [-0.4, -0.2) is 41.0 Å². The van der Waals surface area contributed by atoms with E-state index in [-0.39, 0.29) is 40.9 Å². The number of aliphatic hydroxyl groups excluding tert-OH is 1. The van der Waals surface area contributed by atoms with Gasteiger partial charge in [0, 0.05) is 6.42 Å². The Morgan fingerprint density at radius 1 is 1.03 bits per heavy atom. The van der Waals surface area contributed by atoms with Crippen LogP contribution in [0.1, 0.15) is 85.0 Å². The van der Waals surface area contributed by atoms with Crippen molar-refractivity contribution in [2.45, 2.75) is 91.1 Å². The quantitative estimate of drug-likeness (QED) is 0.488. The molecule has 4 fully saturated rings. The van der Waals surface area contributed by atoms with Crippen molar-refractivity contribution in [1.82, 2.24) is 0 Å². The molecule has 0 aromatic rings.